The van der Waals surface area contributed by atoms with Gasteiger partial charge in [-0.05, 0) is 24.1 Å². The van der Waals surface area contributed by atoms with E-state index in [1.807, 2.05) is 4.72 Å². The molecule has 1 atom stereocenters. The molecule has 0 unspecified atom stereocenters. The Labute approximate surface area is 142 Å². The molecule has 25 heavy (non-hydrogen) atoms. The lowest BCUT2D eigenvalue weighted by molar-refractivity contribution is -0.140. The summed E-state index contributed by atoms with van der Waals surface area (Å²) in [6.07, 6.45) is -5.09. The first-order valence-electron chi connectivity index (χ1n) is 7.06. The highest BCUT2D eigenvalue weighted by molar-refractivity contribution is 7.89. The van der Waals surface area contributed by atoms with Crippen LogP contribution >= 0.6 is 0 Å². The monoisotopic (exact) mass is 373 g/mol. The number of nitrogens with one attached hydrogen (secondary N) is 1. The number of alkyl halides is 3. The van der Waals surface area contributed by atoms with Crippen molar-refractivity contribution in [1.82, 2.24) is 4.72 Å². The van der Waals surface area contributed by atoms with Crippen molar-refractivity contribution in [3.63, 3.8) is 0 Å². The largest absolute Gasteiger partial charge is 0.480 e. The van der Waals surface area contributed by atoms with E-state index in [0.29, 0.717) is 11.6 Å². The number of halogens is 3. The van der Waals surface area contributed by atoms with Crippen molar-refractivity contribution < 1.29 is 31.5 Å². The quantitative estimate of drug-likeness (QED) is 0.816. The van der Waals surface area contributed by atoms with Gasteiger partial charge in [-0.2, -0.15) is 17.9 Å². The van der Waals surface area contributed by atoms with Crippen LogP contribution in [-0.2, 0) is 27.4 Å². The average molecular weight is 373 g/mol. The topological polar surface area (TPSA) is 83.5 Å². The van der Waals surface area contributed by atoms with Gasteiger partial charge in [0.05, 0.1) is 10.5 Å². The van der Waals surface area contributed by atoms with Gasteiger partial charge in [-0.25, -0.2) is 8.42 Å². The minimum atomic E-state index is -4.89. The number of rotatable bonds is 6. The third kappa shape index (κ3) is 4.80. The highest BCUT2D eigenvalue weighted by atomic mass is 32.2. The first kappa shape index (κ1) is 18.9. The molecular weight excluding hydrogens is 359 g/mol. The Bertz CT molecular complexity index is 851. The normalized spacial score (nSPS) is 13.4. The Morgan fingerprint density at radius 2 is 1.60 bits per heavy atom. The Kier molecular flexibility index (Phi) is 5.48. The molecule has 0 heterocycles. The SMILES string of the molecule is O=C(O)[C@H](Cc1ccccc1)NS(=O)(=O)c1ccccc1C(F)(F)F. The maximum absolute atomic E-state index is 13.0. The van der Waals surface area contributed by atoms with Crippen molar-refractivity contribution in [2.24, 2.45) is 0 Å². The summed E-state index contributed by atoms with van der Waals surface area (Å²) in [5.74, 6) is -1.49. The van der Waals surface area contributed by atoms with Crippen LogP contribution in [0, 0.1) is 0 Å². The molecule has 0 amide bonds. The van der Waals surface area contributed by atoms with Crippen molar-refractivity contribution in [3.05, 3.63) is 65.7 Å². The summed E-state index contributed by atoms with van der Waals surface area (Å²) in [6.45, 7) is 0. The fraction of sp³-hybridized carbons (Fsp3) is 0.188. The number of sulfonamides is 1. The first-order chi connectivity index (χ1) is 11.6. The van der Waals surface area contributed by atoms with Gasteiger partial charge >= 0.3 is 12.1 Å². The maximum Gasteiger partial charge on any atom is 0.417 e. The van der Waals surface area contributed by atoms with E-state index in [1.54, 1.807) is 30.3 Å². The molecule has 2 aromatic carbocycles. The van der Waals surface area contributed by atoms with Crippen LogP contribution in [-0.4, -0.2) is 25.5 Å². The third-order valence-corrected chi connectivity index (χ3v) is 4.89. The lowest BCUT2D eigenvalue weighted by Gasteiger charge is -2.17. The Balaban J connectivity index is 2.35. The number of carboxylic acids is 1. The van der Waals surface area contributed by atoms with E-state index in [4.69, 9.17) is 0 Å². The van der Waals surface area contributed by atoms with Gasteiger partial charge in [0.25, 0.3) is 0 Å². The van der Waals surface area contributed by atoms with E-state index in [1.165, 1.54) is 0 Å². The molecule has 2 N–H and O–H groups in total. The number of benzene rings is 2. The van der Waals surface area contributed by atoms with Gasteiger partial charge in [-0.3, -0.25) is 4.79 Å². The van der Waals surface area contributed by atoms with E-state index in [2.05, 4.69) is 0 Å². The number of carbonyl (C=O) groups is 1. The summed E-state index contributed by atoms with van der Waals surface area (Å²) >= 11 is 0. The Hall–Kier alpha value is -2.39. The van der Waals surface area contributed by atoms with Crippen LogP contribution in [0.3, 0.4) is 0 Å². The van der Waals surface area contributed by atoms with Crippen LogP contribution < -0.4 is 4.72 Å². The molecule has 2 rings (SSSR count). The second-order valence-corrected chi connectivity index (χ2v) is 6.88. The molecule has 0 aliphatic heterocycles. The van der Waals surface area contributed by atoms with Crippen molar-refractivity contribution in [1.29, 1.82) is 0 Å². The second kappa shape index (κ2) is 7.24. The molecular formula is C16H14F3NO4S. The molecule has 0 saturated carbocycles. The molecule has 134 valence electrons. The summed E-state index contributed by atoms with van der Waals surface area (Å²) in [5.41, 5.74) is -0.826. The highest BCUT2D eigenvalue weighted by Crippen LogP contribution is 2.33. The molecule has 0 spiro atoms. The van der Waals surface area contributed by atoms with E-state index in [9.17, 15) is 31.5 Å². The summed E-state index contributed by atoms with van der Waals surface area (Å²) in [6, 6.07) is 10.2. The van der Waals surface area contributed by atoms with E-state index in [-0.39, 0.29) is 6.42 Å². The maximum atomic E-state index is 13.0. The van der Waals surface area contributed by atoms with Gasteiger partial charge in [0.1, 0.15) is 6.04 Å². The van der Waals surface area contributed by atoms with Gasteiger partial charge in [0, 0.05) is 0 Å². The second-order valence-electron chi connectivity index (χ2n) is 5.20. The molecule has 0 bridgehead atoms. The molecule has 0 radical (unpaired) electrons. The predicted molar refractivity (Wildman–Crippen MR) is 83.3 cm³/mol. The van der Waals surface area contributed by atoms with Gasteiger partial charge in [0.15, 0.2) is 0 Å². The van der Waals surface area contributed by atoms with Crippen LogP contribution in [0.1, 0.15) is 11.1 Å². The molecule has 0 aliphatic carbocycles. The number of carboxylic acid groups (broad SMARTS) is 1. The molecule has 0 fully saturated rings. The van der Waals surface area contributed by atoms with Gasteiger partial charge in [-0.15, -0.1) is 0 Å². The number of hydrogen-bond acceptors (Lipinski definition) is 3. The van der Waals surface area contributed by atoms with Gasteiger partial charge in [0.2, 0.25) is 10.0 Å². The van der Waals surface area contributed by atoms with Crippen molar-refractivity contribution in [2.75, 3.05) is 0 Å². The molecule has 9 heteroatoms. The van der Waals surface area contributed by atoms with Crippen LogP contribution in [0.5, 0.6) is 0 Å². The first-order valence-corrected chi connectivity index (χ1v) is 8.55. The summed E-state index contributed by atoms with van der Waals surface area (Å²) in [4.78, 5) is 10.3. The standard InChI is InChI=1S/C16H14F3NO4S/c17-16(18,19)12-8-4-5-9-14(12)25(23,24)20-13(15(21)22)10-11-6-2-1-3-7-11/h1-9,13,20H,10H2,(H,21,22)/t13-/m0/s1. The fourth-order valence-electron chi connectivity index (χ4n) is 2.22. The van der Waals surface area contributed by atoms with Crippen LogP contribution in [0.15, 0.2) is 59.5 Å². The van der Waals surface area contributed by atoms with Gasteiger partial charge in [-0.1, -0.05) is 42.5 Å². The van der Waals surface area contributed by atoms with Gasteiger partial charge < -0.3 is 5.11 Å². The minimum Gasteiger partial charge on any atom is -0.480 e. The lowest BCUT2D eigenvalue weighted by atomic mass is 10.1. The minimum absolute atomic E-state index is 0.205. The lowest BCUT2D eigenvalue weighted by Crippen LogP contribution is -2.42. The van der Waals surface area contributed by atoms with Crippen LogP contribution in [0.25, 0.3) is 0 Å². The Morgan fingerprint density at radius 1 is 1.04 bits per heavy atom. The van der Waals surface area contributed by atoms with Crippen molar-refractivity contribution in [2.45, 2.75) is 23.5 Å². The Morgan fingerprint density at radius 3 is 2.16 bits per heavy atom. The molecule has 0 aliphatic rings. The summed E-state index contributed by atoms with van der Waals surface area (Å²) < 4.78 is 65.5. The summed E-state index contributed by atoms with van der Waals surface area (Å²) in [5, 5.41) is 9.22. The summed E-state index contributed by atoms with van der Waals surface area (Å²) in [7, 11) is -4.69. The molecule has 0 saturated heterocycles. The van der Waals surface area contributed by atoms with Crippen LogP contribution in [0.4, 0.5) is 13.2 Å². The highest BCUT2D eigenvalue weighted by Gasteiger charge is 2.38. The zero-order valence-electron chi connectivity index (χ0n) is 12.7. The number of aliphatic carboxylic acids is 1. The fourth-order valence-corrected chi connectivity index (χ4v) is 3.63. The molecule has 0 aromatic heterocycles. The van der Waals surface area contributed by atoms with Crippen molar-refractivity contribution >= 4 is 16.0 Å². The van der Waals surface area contributed by atoms with Crippen molar-refractivity contribution in [3.8, 4) is 0 Å². The predicted octanol–water partition coefficient (Wildman–Crippen LogP) is 2.68. The van der Waals surface area contributed by atoms with E-state index in [0.717, 1.165) is 18.2 Å². The molecule has 2 aromatic rings. The average Bonchev–Trinajstić information content (AvgIpc) is 2.54. The molecule has 5 nitrogen and oxygen atoms in total. The van der Waals surface area contributed by atoms with Crippen LogP contribution in [0.2, 0.25) is 0 Å². The van der Waals surface area contributed by atoms with E-state index >= 15 is 0 Å². The number of hydrogen-bond donors (Lipinski definition) is 2. The third-order valence-electron chi connectivity index (χ3n) is 3.36. The van der Waals surface area contributed by atoms with E-state index < -0.39 is 38.7 Å². The smallest absolute Gasteiger partial charge is 0.417 e. The zero-order chi connectivity index (χ0) is 18.7. The zero-order valence-corrected chi connectivity index (χ0v) is 13.5.